The van der Waals surface area contributed by atoms with Crippen LogP contribution in [-0.2, 0) is 20.5 Å². The standard InChI is InChI=1S/C20H19FN2O5S/c21-14-5-7-15(8-6-14)29(26,27)22-18-13-19-20(25,17-4-2-1-3-16(17)18)28-12-10-23(19)9-11-24/h1-8,13,24-25H,9-12H2/p+1/t20-/m1/s1. The van der Waals surface area contributed by atoms with Gasteiger partial charge in [0.2, 0.25) is 0 Å². The maximum absolute atomic E-state index is 13.2. The van der Waals surface area contributed by atoms with E-state index in [9.17, 15) is 23.0 Å². The third kappa shape index (κ3) is 3.52. The lowest BCUT2D eigenvalue weighted by molar-refractivity contribution is -0.882. The van der Waals surface area contributed by atoms with Crippen LogP contribution >= 0.6 is 0 Å². The smallest absolute Gasteiger partial charge is 0.282 e. The number of hydrogen-bond acceptors (Lipinski definition) is 5. The van der Waals surface area contributed by atoms with Crippen molar-refractivity contribution in [3.63, 3.8) is 0 Å². The molecule has 1 unspecified atom stereocenters. The van der Waals surface area contributed by atoms with E-state index in [1.165, 1.54) is 6.08 Å². The summed E-state index contributed by atoms with van der Waals surface area (Å²) in [4.78, 5) is 0.644. The van der Waals surface area contributed by atoms with Crippen molar-refractivity contribution in [2.24, 2.45) is 4.40 Å². The first-order valence-corrected chi connectivity index (χ1v) is 10.5. The van der Waals surface area contributed by atoms with Gasteiger partial charge in [0.1, 0.15) is 25.5 Å². The number of rotatable bonds is 4. The predicted octanol–water partition coefficient (Wildman–Crippen LogP) is -0.0463. The number of halogens is 1. The first kappa shape index (κ1) is 19.9. The molecule has 0 radical (unpaired) electrons. The fourth-order valence-corrected chi connectivity index (χ4v) is 4.67. The van der Waals surface area contributed by atoms with Crippen LogP contribution in [-0.4, -0.2) is 50.6 Å². The molecule has 0 bridgehead atoms. The molecule has 1 aliphatic carbocycles. The van der Waals surface area contributed by atoms with Crippen LogP contribution in [0.25, 0.3) is 0 Å². The summed E-state index contributed by atoms with van der Waals surface area (Å²) in [5.41, 5.74) is 1.35. The number of fused-ring (bicyclic) bond motifs is 3. The van der Waals surface area contributed by atoms with Gasteiger partial charge in [0.15, 0.2) is 5.70 Å². The van der Waals surface area contributed by atoms with Crippen LogP contribution in [0.4, 0.5) is 4.39 Å². The minimum absolute atomic E-state index is 0.106. The number of ether oxygens (including phenoxy) is 1. The molecule has 2 aliphatic rings. The third-order valence-corrected chi connectivity index (χ3v) is 6.36. The van der Waals surface area contributed by atoms with Crippen LogP contribution < -0.4 is 4.90 Å². The van der Waals surface area contributed by atoms with E-state index in [-0.39, 0.29) is 23.8 Å². The van der Waals surface area contributed by atoms with E-state index >= 15 is 0 Å². The van der Waals surface area contributed by atoms with Gasteiger partial charge in [-0.25, -0.2) is 4.39 Å². The van der Waals surface area contributed by atoms with E-state index in [2.05, 4.69) is 4.40 Å². The van der Waals surface area contributed by atoms with Crippen LogP contribution in [0.15, 0.2) is 69.6 Å². The monoisotopic (exact) mass is 419 g/mol. The van der Waals surface area contributed by atoms with Gasteiger partial charge in [-0.3, -0.25) is 4.90 Å². The van der Waals surface area contributed by atoms with Crippen molar-refractivity contribution in [1.82, 2.24) is 0 Å². The third-order valence-electron chi connectivity index (χ3n) is 5.05. The zero-order valence-electron chi connectivity index (χ0n) is 15.4. The van der Waals surface area contributed by atoms with E-state index in [1.54, 1.807) is 24.3 Å². The number of aliphatic hydroxyl groups excluding tert-OH is 1. The summed E-state index contributed by atoms with van der Waals surface area (Å²) in [6, 6.07) is 11.2. The van der Waals surface area contributed by atoms with Crippen molar-refractivity contribution in [3.05, 3.63) is 77.2 Å². The lowest BCUT2D eigenvalue weighted by Crippen LogP contribution is -3.14. The quantitative estimate of drug-likeness (QED) is 0.646. The summed E-state index contributed by atoms with van der Waals surface area (Å²) in [7, 11) is -4.11. The molecule has 0 amide bonds. The molecule has 2 aromatic carbocycles. The summed E-state index contributed by atoms with van der Waals surface area (Å²) in [6.07, 6.45) is 1.49. The van der Waals surface area contributed by atoms with E-state index in [1.807, 2.05) is 0 Å². The Morgan fingerprint density at radius 3 is 2.62 bits per heavy atom. The molecular weight excluding hydrogens is 399 g/mol. The largest absolute Gasteiger partial charge is 0.391 e. The average Bonchev–Trinajstić information content (AvgIpc) is 2.70. The highest BCUT2D eigenvalue weighted by molar-refractivity contribution is 7.90. The zero-order chi connectivity index (χ0) is 20.6. The molecule has 0 aromatic heterocycles. The Bertz CT molecular complexity index is 1100. The molecular formula is C20H20FN2O5S+. The zero-order valence-corrected chi connectivity index (χ0v) is 16.2. The first-order valence-electron chi connectivity index (χ1n) is 9.10. The van der Waals surface area contributed by atoms with Gasteiger partial charge >= 0.3 is 0 Å². The molecule has 0 saturated carbocycles. The number of hydrogen-bond donors (Lipinski definition) is 3. The second kappa shape index (κ2) is 7.43. The van der Waals surface area contributed by atoms with Crippen molar-refractivity contribution >= 4 is 15.7 Å². The van der Waals surface area contributed by atoms with Crippen molar-refractivity contribution in [2.45, 2.75) is 10.7 Å². The molecule has 4 rings (SSSR count). The number of allylic oxidation sites excluding steroid dienone is 1. The van der Waals surface area contributed by atoms with Crippen LogP contribution in [0.3, 0.4) is 0 Å². The second-order valence-electron chi connectivity index (χ2n) is 6.83. The van der Waals surface area contributed by atoms with Crippen molar-refractivity contribution < 1.29 is 32.7 Å². The van der Waals surface area contributed by atoms with E-state index < -0.39 is 21.6 Å². The summed E-state index contributed by atoms with van der Waals surface area (Å²) in [5.74, 6) is -2.27. The summed E-state index contributed by atoms with van der Waals surface area (Å²) in [5, 5.41) is 20.6. The van der Waals surface area contributed by atoms with Gasteiger partial charge in [0, 0.05) is 17.2 Å². The van der Waals surface area contributed by atoms with Crippen LogP contribution in [0, 0.1) is 5.82 Å². The van der Waals surface area contributed by atoms with Crippen molar-refractivity contribution in [1.29, 1.82) is 0 Å². The number of nitrogens with zero attached hydrogens (tertiary/aromatic N) is 1. The molecule has 1 heterocycles. The molecule has 2 aromatic rings. The summed E-state index contributed by atoms with van der Waals surface area (Å²) < 4.78 is 48.4. The Labute approximate surface area is 167 Å². The summed E-state index contributed by atoms with van der Waals surface area (Å²) >= 11 is 0. The lowest BCUT2D eigenvalue weighted by Gasteiger charge is -2.41. The first-order chi connectivity index (χ1) is 13.8. The Hall–Kier alpha value is -2.43. The Morgan fingerprint density at radius 2 is 1.90 bits per heavy atom. The fourth-order valence-electron chi connectivity index (χ4n) is 3.67. The number of aliphatic hydroxyl groups is 2. The van der Waals surface area contributed by atoms with Gasteiger partial charge in [-0.05, 0) is 24.3 Å². The van der Waals surface area contributed by atoms with Gasteiger partial charge in [-0.15, -0.1) is 0 Å². The normalized spacial score (nSPS) is 25.3. The Kier molecular flexibility index (Phi) is 5.09. The van der Waals surface area contributed by atoms with Crippen molar-refractivity contribution in [3.8, 4) is 0 Å². The molecule has 7 nitrogen and oxygen atoms in total. The predicted molar refractivity (Wildman–Crippen MR) is 102 cm³/mol. The molecule has 0 spiro atoms. The second-order valence-corrected chi connectivity index (χ2v) is 8.43. The number of quaternary nitrogens is 1. The fraction of sp³-hybridized carbons (Fsp3) is 0.250. The van der Waals surface area contributed by atoms with Gasteiger partial charge < -0.3 is 14.9 Å². The van der Waals surface area contributed by atoms with E-state index in [0.717, 1.165) is 29.2 Å². The number of sulfonamides is 1. The minimum Gasteiger partial charge on any atom is -0.391 e. The average molecular weight is 419 g/mol. The Morgan fingerprint density at radius 1 is 1.17 bits per heavy atom. The topological polar surface area (TPSA) is 101 Å². The van der Waals surface area contributed by atoms with Gasteiger partial charge in [0.05, 0.1) is 17.2 Å². The molecule has 3 N–H and O–H groups in total. The number of benzene rings is 2. The highest BCUT2D eigenvalue weighted by Crippen LogP contribution is 2.36. The highest BCUT2D eigenvalue weighted by atomic mass is 32.2. The molecule has 1 aliphatic heterocycles. The molecule has 9 heteroatoms. The number of nitrogens with one attached hydrogen (secondary N) is 1. The molecule has 2 atom stereocenters. The number of morpholine rings is 1. The highest BCUT2D eigenvalue weighted by Gasteiger charge is 2.49. The minimum atomic E-state index is -4.11. The van der Waals surface area contributed by atoms with E-state index in [4.69, 9.17) is 4.74 Å². The molecule has 1 saturated heterocycles. The molecule has 29 heavy (non-hydrogen) atoms. The van der Waals surface area contributed by atoms with Crippen molar-refractivity contribution in [2.75, 3.05) is 26.3 Å². The van der Waals surface area contributed by atoms with Crippen LogP contribution in [0.5, 0.6) is 0 Å². The molecule has 1 fully saturated rings. The summed E-state index contributed by atoms with van der Waals surface area (Å²) in [6.45, 7) is 1.01. The maximum Gasteiger partial charge on any atom is 0.282 e. The molecule has 152 valence electrons. The van der Waals surface area contributed by atoms with Crippen LogP contribution in [0.1, 0.15) is 11.1 Å². The van der Waals surface area contributed by atoms with Gasteiger partial charge in [-0.2, -0.15) is 12.8 Å². The SMILES string of the molecule is O=S(=O)(N=C1C=C2[NH+](CCO)CCO[C@]2(O)c2ccccc21)c1ccc(F)cc1. The van der Waals surface area contributed by atoms with Gasteiger partial charge in [0.25, 0.3) is 15.8 Å². The van der Waals surface area contributed by atoms with Gasteiger partial charge in [-0.1, -0.05) is 24.3 Å². The van der Waals surface area contributed by atoms with Crippen LogP contribution in [0.2, 0.25) is 0 Å². The maximum atomic E-state index is 13.2. The lowest BCUT2D eigenvalue weighted by atomic mass is 9.86. The van der Waals surface area contributed by atoms with E-state index in [0.29, 0.717) is 29.9 Å². The Balaban J connectivity index is 1.88.